The summed E-state index contributed by atoms with van der Waals surface area (Å²) in [6.45, 7) is 1.91. The van der Waals surface area contributed by atoms with Crippen LogP contribution in [0.25, 0.3) is 6.08 Å². The van der Waals surface area contributed by atoms with E-state index in [9.17, 15) is 9.59 Å². The van der Waals surface area contributed by atoms with E-state index in [0.29, 0.717) is 0 Å². The van der Waals surface area contributed by atoms with Crippen LogP contribution in [-0.2, 0) is 9.59 Å². The van der Waals surface area contributed by atoms with Crippen molar-refractivity contribution >= 4 is 39.5 Å². The van der Waals surface area contributed by atoms with E-state index in [4.69, 9.17) is 0 Å². The van der Waals surface area contributed by atoms with Crippen molar-refractivity contribution in [3.05, 3.63) is 70.2 Å². The molecule has 24 heavy (non-hydrogen) atoms. The summed E-state index contributed by atoms with van der Waals surface area (Å²) in [6.07, 6.45) is 3.20. The maximum absolute atomic E-state index is 12.1. The molecule has 2 aromatic carbocycles. The van der Waals surface area contributed by atoms with Crippen LogP contribution in [0.4, 0.5) is 5.69 Å². The van der Waals surface area contributed by atoms with E-state index >= 15 is 0 Å². The van der Waals surface area contributed by atoms with Gasteiger partial charge in [-0.15, -0.1) is 0 Å². The van der Waals surface area contributed by atoms with E-state index in [0.717, 1.165) is 21.3 Å². The van der Waals surface area contributed by atoms with Crippen molar-refractivity contribution in [1.29, 1.82) is 0 Å². The summed E-state index contributed by atoms with van der Waals surface area (Å²) < 4.78 is 0.955. The number of amides is 2. The van der Waals surface area contributed by atoms with Crippen LogP contribution in [0.15, 0.2) is 59.1 Å². The Labute approximate surface area is 150 Å². The molecule has 0 atom stereocenters. The van der Waals surface area contributed by atoms with E-state index in [1.807, 2.05) is 55.5 Å². The molecule has 0 fully saturated rings. The van der Waals surface area contributed by atoms with E-state index in [-0.39, 0.29) is 18.4 Å². The number of benzene rings is 2. The zero-order valence-corrected chi connectivity index (χ0v) is 15.2. The Hall–Kier alpha value is -2.40. The van der Waals surface area contributed by atoms with Crippen LogP contribution >= 0.6 is 15.9 Å². The molecule has 0 bridgehead atoms. The van der Waals surface area contributed by atoms with Crippen LogP contribution < -0.4 is 5.32 Å². The topological polar surface area (TPSA) is 49.4 Å². The van der Waals surface area contributed by atoms with Gasteiger partial charge in [0.1, 0.15) is 0 Å². The minimum absolute atomic E-state index is 0.00648. The molecule has 1 N–H and O–H groups in total. The van der Waals surface area contributed by atoms with Gasteiger partial charge < -0.3 is 10.2 Å². The van der Waals surface area contributed by atoms with E-state index in [1.54, 1.807) is 13.1 Å². The predicted octanol–water partition coefficient (Wildman–Crippen LogP) is 3.87. The summed E-state index contributed by atoms with van der Waals surface area (Å²) in [5.74, 6) is -0.453. The third-order valence-corrected chi connectivity index (χ3v) is 3.93. The third-order valence-electron chi connectivity index (χ3n) is 3.44. The zero-order chi connectivity index (χ0) is 17.5. The van der Waals surface area contributed by atoms with Crippen LogP contribution in [0.5, 0.6) is 0 Å². The molecule has 0 saturated heterocycles. The molecule has 0 unspecified atom stereocenters. The van der Waals surface area contributed by atoms with Crippen LogP contribution in [0, 0.1) is 6.92 Å². The Morgan fingerprint density at radius 1 is 1.17 bits per heavy atom. The first kappa shape index (κ1) is 17.9. The van der Waals surface area contributed by atoms with Crippen molar-refractivity contribution in [3.63, 3.8) is 0 Å². The molecule has 0 aliphatic carbocycles. The second-order valence-corrected chi connectivity index (χ2v) is 6.36. The minimum Gasteiger partial charge on any atom is -0.333 e. The average molecular weight is 387 g/mol. The SMILES string of the molecule is Cc1cc(Br)ccc1NC(=O)CN(C)C(=O)C=Cc1ccccc1. The number of anilines is 1. The highest BCUT2D eigenvalue weighted by Crippen LogP contribution is 2.19. The molecule has 0 aromatic heterocycles. The number of carbonyl (C=O) groups excluding carboxylic acids is 2. The largest absolute Gasteiger partial charge is 0.333 e. The van der Waals surface area contributed by atoms with Gasteiger partial charge in [0.15, 0.2) is 0 Å². The highest BCUT2D eigenvalue weighted by atomic mass is 79.9. The van der Waals surface area contributed by atoms with E-state index in [1.165, 1.54) is 11.0 Å². The molecule has 2 rings (SSSR count). The molecule has 0 radical (unpaired) electrons. The Balaban J connectivity index is 1.91. The summed E-state index contributed by atoms with van der Waals surface area (Å²) >= 11 is 3.39. The fraction of sp³-hybridized carbons (Fsp3) is 0.158. The van der Waals surface area contributed by atoms with Gasteiger partial charge in [-0.2, -0.15) is 0 Å². The van der Waals surface area contributed by atoms with E-state index < -0.39 is 0 Å². The Morgan fingerprint density at radius 2 is 1.88 bits per heavy atom. The Bertz CT molecular complexity index is 757. The van der Waals surface area contributed by atoms with Crippen molar-refractivity contribution in [2.45, 2.75) is 6.92 Å². The number of likely N-dealkylation sites (N-methyl/N-ethyl adjacent to an activating group) is 1. The van der Waals surface area contributed by atoms with E-state index in [2.05, 4.69) is 21.2 Å². The molecule has 0 aliphatic rings. The molecule has 4 nitrogen and oxygen atoms in total. The fourth-order valence-corrected chi connectivity index (χ4v) is 2.58. The van der Waals surface area contributed by atoms with Gasteiger partial charge in [0.05, 0.1) is 6.54 Å². The van der Waals surface area contributed by atoms with Crippen molar-refractivity contribution in [2.24, 2.45) is 0 Å². The molecular weight excluding hydrogens is 368 g/mol. The second-order valence-electron chi connectivity index (χ2n) is 5.45. The highest BCUT2D eigenvalue weighted by molar-refractivity contribution is 9.10. The minimum atomic E-state index is -0.232. The van der Waals surface area contributed by atoms with Gasteiger partial charge in [-0.3, -0.25) is 9.59 Å². The molecule has 0 spiro atoms. The number of nitrogens with one attached hydrogen (secondary N) is 1. The van der Waals surface area contributed by atoms with Gasteiger partial charge in [0.2, 0.25) is 11.8 Å². The maximum atomic E-state index is 12.1. The number of nitrogens with zero attached hydrogens (tertiary/aromatic N) is 1. The van der Waals surface area contributed by atoms with Crippen LogP contribution in [0.3, 0.4) is 0 Å². The summed E-state index contributed by atoms with van der Waals surface area (Å²) in [4.78, 5) is 25.5. The number of aryl methyl sites for hydroxylation is 1. The molecule has 0 aliphatic heterocycles. The quantitative estimate of drug-likeness (QED) is 0.792. The van der Waals surface area contributed by atoms with Crippen molar-refractivity contribution < 1.29 is 9.59 Å². The lowest BCUT2D eigenvalue weighted by Gasteiger charge is -2.15. The summed E-state index contributed by atoms with van der Waals surface area (Å²) in [7, 11) is 1.60. The highest BCUT2D eigenvalue weighted by Gasteiger charge is 2.11. The second kappa shape index (κ2) is 8.45. The smallest absolute Gasteiger partial charge is 0.246 e. The van der Waals surface area contributed by atoms with Gasteiger partial charge in [-0.1, -0.05) is 46.3 Å². The van der Waals surface area contributed by atoms with Crippen molar-refractivity contribution in [1.82, 2.24) is 4.90 Å². The molecule has 2 amide bonds. The van der Waals surface area contributed by atoms with Gasteiger partial charge in [0.25, 0.3) is 0 Å². The lowest BCUT2D eigenvalue weighted by Crippen LogP contribution is -2.34. The number of hydrogen-bond acceptors (Lipinski definition) is 2. The summed E-state index contributed by atoms with van der Waals surface area (Å²) in [5.41, 5.74) is 2.63. The van der Waals surface area contributed by atoms with Gasteiger partial charge in [0, 0.05) is 23.3 Å². The lowest BCUT2D eigenvalue weighted by atomic mass is 10.2. The average Bonchev–Trinajstić information content (AvgIpc) is 2.56. The van der Waals surface area contributed by atoms with Crippen LogP contribution in [0.1, 0.15) is 11.1 Å². The van der Waals surface area contributed by atoms with Gasteiger partial charge in [-0.25, -0.2) is 0 Å². The van der Waals surface area contributed by atoms with Crippen molar-refractivity contribution in [2.75, 3.05) is 18.9 Å². The first-order valence-corrected chi connectivity index (χ1v) is 8.29. The maximum Gasteiger partial charge on any atom is 0.246 e. The fourth-order valence-electron chi connectivity index (χ4n) is 2.11. The zero-order valence-electron chi connectivity index (χ0n) is 13.6. The molecule has 124 valence electrons. The molecular formula is C19H19BrN2O2. The normalized spacial score (nSPS) is 10.6. The van der Waals surface area contributed by atoms with Crippen LogP contribution in [-0.4, -0.2) is 30.3 Å². The number of rotatable bonds is 5. The van der Waals surface area contributed by atoms with Crippen molar-refractivity contribution in [3.8, 4) is 0 Å². The van der Waals surface area contributed by atoms with Crippen LogP contribution in [0.2, 0.25) is 0 Å². The number of halogens is 1. The first-order chi connectivity index (χ1) is 11.5. The Morgan fingerprint density at radius 3 is 2.54 bits per heavy atom. The standard InChI is InChI=1S/C19H19BrN2O2/c1-14-12-16(20)9-10-17(14)21-18(23)13-22(2)19(24)11-8-15-6-4-3-5-7-15/h3-12H,13H2,1-2H3,(H,21,23). The number of hydrogen-bond donors (Lipinski definition) is 1. The lowest BCUT2D eigenvalue weighted by molar-refractivity contribution is -0.129. The monoisotopic (exact) mass is 386 g/mol. The number of carbonyl (C=O) groups is 2. The Kier molecular flexibility index (Phi) is 6.32. The molecule has 5 heteroatoms. The molecule has 2 aromatic rings. The summed E-state index contributed by atoms with van der Waals surface area (Å²) in [5, 5.41) is 2.82. The first-order valence-electron chi connectivity index (χ1n) is 7.50. The summed E-state index contributed by atoms with van der Waals surface area (Å²) in [6, 6.07) is 15.2. The third kappa shape index (κ3) is 5.35. The van der Waals surface area contributed by atoms with Gasteiger partial charge >= 0.3 is 0 Å². The molecule has 0 saturated carbocycles. The predicted molar refractivity (Wildman–Crippen MR) is 101 cm³/mol. The molecule has 0 heterocycles. The van der Waals surface area contributed by atoms with Gasteiger partial charge in [-0.05, 0) is 42.3 Å².